The van der Waals surface area contributed by atoms with Crippen LogP contribution in [0.3, 0.4) is 0 Å². The summed E-state index contributed by atoms with van der Waals surface area (Å²) in [7, 11) is 0. The van der Waals surface area contributed by atoms with Gasteiger partial charge in [-0.25, -0.2) is 0 Å². The molecule has 0 spiro atoms. The van der Waals surface area contributed by atoms with Crippen molar-refractivity contribution in [2.45, 2.75) is 24.8 Å². The van der Waals surface area contributed by atoms with E-state index < -0.39 is 0 Å². The van der Waals surface area contributed by atoms with Gasteiger partial charge in [0.05, 0.1) is 6.07 Å². The number of anilines is 1. The molecule has 3 rings (SSSR count). The molecule has 0 atom stereocenters. The summed E-state index contributed by atoms with van der Waals surface area (Å²) in [5.41, 5.74) is 0.547. The number of ether oxygens (including phenoxy) is 1. The second-order valence-corrected chi connectivity index (χ2v) is 5.12. The lowest BCUT2D eigenvalue weighted by Gasteiger charge is -2.36. The minimum Gasteiger partial charge on any atom is -0.457 e. The van der Waals surface area contributed by atoms with E-state index in [4.69, 9.17) is 4.74 Å². The van der Waals surface area contributed by atoms with Crippen LogP contribution in [0.1, 0.15) is 19.3 Å². The summed E-state index contributed by atoms with van der Waals surface area (Å²) < 4.78 is 5.80. The standard InChI is InChI=1S/C17H16N2O/c18-13-17(10-5-11-17)19-14-6-4-9-16(12-14)20-15-7-2-1-3-8-15/h1-4,6-9,12,19H,5,10-11H2. The Bertz CT molecular complexity index is 627. The molecule has 1 aliphatic rings. The normalized spacial score (nSPS) is 15.8. The Morgan fingerprint density at radius 2 is 1.75 bits per heavy atom. The van der Waals surface area contributed by atoms with Gasteiger partial charge < -0.3 is 10.1 Å². The van der Waals surface area contributed by atoms with Crippen LogP contribution in [0.15, 0.2) is 54.6 Å². The molecule has 0 heterocycles. The second kappa shape index (κ2) is 5.26. The van der Waals surface area contributed by atoms with Crippen LogP contribution in [-0.4, -0.2) is 5.54 Å². The Morgan fingerprint density at radius 3 is 2.40 bits per heavy atom. The van der Waals surface area contributed by atoms with Gasteiger partial charge in [0.25, 0.3) is 0 Å². The van der Waals surface area contributed by atoms with Crippen molar-refractivity contribution in [1.82, 2.24) is 0 Å². The van der Waals surface area contributed by atoms with E-state index in [1.807, 2.05) is 54.6 Å². The monoisotopic (exact) mass is 264 g/mol. The summed E-state index contributed by atoms with van der Waals surface area (Å²) in [5.74, 6) is 1.58. The predicted octanol–water partition coefficient (Wildman–Crippen LogP) is 4.34. The fraction of sp³-hybridized carbons (Fsp3) is 0.235. The van der Waals surface area contributed by atoms with Gasteiger partial charge in [-0.3, -0.25) is 0 Å². The molecule has 0 aliphatic heterocycles. The van der Waals surface area contributed by atoms with E-state index in [0.29, 0.717) is 0 Å². The van der Waals surface area contributed by atoms with E-state index >= 15 is 0 Å². The fourth-order valence-electron chi connectivity index (χ4n) is 2.33. The van der Waals surface area contributed by atoms with E-state index in [2.05, 4.69) is 11.4 Å². The molecule has 2 aromatic rings. The van der Waals surface area contributed by atoms with Crippen molar-refractivity contribution >= 4 is 5.69 Å². The fourth-order valence-corrected chi connectivity index (χ4v) is 2.33. The molecule has 0 bridgehead atoms. The van der Waals surface area contributed by atoms with Crippen molar-refractivity contribution < 1.29 is 4.74 Å². The Labute approximate surface area is 118 Å². The van der Waals surface area contributed by atoms with Gasteiger partial charge in [-0.2, -0.15) is 5.26 Å². The lowest BCUT2D eigenvalue weighted by molar-refractivity contribution is 0.356. The first-order chi connectivity index (χ1) is 9.80. The number of para-hydroxylation sites is 1. The van der Waals surface area contributed by atoms with Crippen LogP contribution in [0.5, 0.6) is 11.5 Å². The molecule has 3 heteroatoms. The largest absolute Gasteiger partial charge is 0.457 e. The summed E-state index contributed by atoms with van der Waals surface area (Å²) in [4.78, 5) is 0. The summed E-state index contributed by atoms with van der Waals surface area (Å²) in [5, 5.41) is 12.6. The van der Waals surface area contributed by atoms with Crippen molar-refractivity contribution in [1.29, 1.82) is 5.26 Å². The molecule has 0 amide bonds. The van der Waals surface area contributed by atoms with E-state index in [0.717, 1.165) is 36.4 Å². The Balaban J connectivity index is 1.75. The van der Waals surface area contributed by atoms with E-state index in [1.54, 1.807) is 0 Å². The number of hydrogen-bond donors (Lipinski definition) is 1. The highest BCUT2D eigenvalue weighted by Crippen LogP contribution is 2.35. The first-order valence-electron chi connectivity index (χ1n) is 6.82. The van der Waals surface area contributed by atoms with Crippen LogP contribution in [0.25, 0.3) is 0 Å². The highest BCUT2D eigenvalue weighted by Gasteiger charge is 2.36. The highest BCUT2D eigenvalue weighted by atomic mass is 16.5. The maximum atomic E-state index is 9.26. The molecule has 1 saturated carbocycles. The summed E-state index contributed by atoms with van der Waals surface area (Å²) >= 11 is 0. The van der Waals surface area contributed by atoms with Crippen molar-refractivity contribution in [2.24, 2.45) is 0 Å². The van der Waals surface area contributed by atoms with Crippen LogP contribution >= 0.6 is 0 Å². The van der Waals surface area contributed by atoms with Crippen LogP contribution in [0.4, 0.5) is 5.69 Å². The molecule has 0 saturated heterocycles. The Kier molecular flexibility index (Phi) is 3.30. The molecule has 1 aliphatic carbocycles. The molecule has 1 N–H and O–H groups in total. The quantitative estimate of drug-likeness (QED) is 0.893. The van der Waals surface area contributed by atoms with Gasteiger partial charge in [0, 0.05) is 11.8 Å². The number of benzene rings is 2. The van der Waals surface area contributed by atoms with Gasteiger partial charge in [0.1, 0.15) is 17.0 Å². The SMILES string of the molecule is N#CC1(Nc2cccc(Oc3ccccc3)c2)CCC1. The van der Waals surface area contributed by atoms with Crippen molar-refractivity contribution in [3.63, 3.8) is 0 Å². The van der Waals surface area contributed by atoms with Crippen LogP contribution in [-0.2, 0) is 0 Å². The second-order valence-electron chi connectivity index (χ2n) is 5.12. The molecule has 20 heavy (non-hydrogen) atoms. The third-order valence-electron chi connectivity index (χ3n) is 3.62. The third kappa shape index (κ3) is 2.60. The average Bonchev–Trinajstić information content (AvgIpc) is 2.44. The van der Waals surface area contributed by atoms with Gasteiger partial charge in [0.2, 0.25) is 0 Å². The molecular formula is C17H16N2O. The van der Waals surface area contributed by atoms with Crippen LogP contribution in [0, 0.1) is 11.3 Å². The average molecular weight is 264 g/mol. The van der Waals surface area contributed by atoms with Crippen LogP contribution < -0.4 is 10.1 Å². The van der Waals surface area contributed by atoms with E-state index in [-0.39, 0.29) is 5.54 Å². The number of hydrogen-bond acceptors (Lipinski definition) is 3. The molecule has 1 fully saturated rings. The molecular weight excluding hydrogens is 248 g/mol. The van der Waals surface area contributed by atoms with Crippen LogP contribution in [0.2, 0.25) is 0 Å². The topological polar surface area (TPSA) is 45.0 Å². The van der Waals surface area contributed by atoms with E-state index in [9.17, 15) is 5.26 Å². The zero-order valence-corrected chi connectivity index (χ0v) is 11.2. The van der Waals surface area contributed by atoms with Gasteiger partial charge in [-0.05, 0) is 43.5 Å². The van der Waals surface area contributed by atoms with Crippen molar-refractivity contribution in [3.05, 3.63) is 54.6 Å². The third-order valence-corrected chi connectivity index (χ3v) is 3.62. The Morgan fingerprint density at radius 1 is 1.00 bits per heavy atom. The number of nitriles is 1. The maximum Gasteiger partial charge on any atom is 0.129 e. The molecule has 0 unspecified atom stereocenters. The lowest BCUT2D eigenvalue weighted by atomic mass is 9.78. The van der Waals surface area contributed by atoms with Gasteiger partial charge in [-0.1, -0.05) is 24.3 Å². The summed E-state index contributed by atoms with van der Waals surface area (Å²) in [6, 6.07) is 19.8. The maximum absolute atomic E-state index is 9.26. The van der Waals surface area contributed by atoms with Crippen molar-refractivity contribution in [3.8, 4) is 17.6 Å². The zero-order chi connectivity index (χ0) is 13.8. The lowest BCUT2D eigenvalue weighted by Crippen LogP contribution is -2.43. The van der Waals surface area contributed by atoms with Crippen molar-refractivity contribution in [2.75, 3.05) is 5.32 Å². The molecule has 0 radical (unpaired) electrons. The predicted molar refractivity (Wildman–Crippen MR) is 78.8 cm³/mol. The summed E-state index contributed by atoms with van der Waals surface area (Å²) in [6.07, 6.45) is 2.93. The van der Waals surface area contributed by atoms with E-state index in [1.165, 1.54) is 0 Å². The smallest absolute Gasteiger partial charge is 0.129 e. The number of rotatable bonds is 4. The highest BCUT2D eigenvalue weighted by molar-refractivity contribution is 5.53. The zero-order valence-electron chi connectivity index (χ0n) is 11.2. The van der Waals surface area contributed by atoms with Gasteiger partial charge in [0.15, 0.2) is 0 Å². The molecule has 0 aromatic heterocycles. The minimum absolute atomic E-state index is 0.384. The van der Waals surface area contributed by atoms with Gasteiger partial charge in [-0.15, -0.1) is 0 Å². The first kappa shape index (κ1) is 12.6. The minimum atomic E-state index is -0.384. The number of nitrogens with one attached hydrogen (secondary N) is 1. The summed E-state index contributed by atoms with van der Waals surface area (Å²) in [6.45, 7) is 0. The number of nitrogens with zero attached hydrogens (tertiary/aromatic N) is 1. The van der Waals surface area contributed by atoms with Gasteiger partial charge >= 0.3 is 0 Å². The Hall–Kier alpha value is -2.47. The molecule has 100 valence electrons. The molecule has 3 nitrogen and oxygen atoms in total. The first-order valence-corrected chi connectivity index (χ1v) is 6.82. The molecule has 2 aromatic carbocycles.